The van der Waals surface area contributed by atoms with Crippen molar-refractivity contribution >= 4 is 5.97 Å². The van der Waals surface area contributed by atoms with Crippen molar-refractivity contribution in [3.63, 3.8) is 0 Å². The first kappa shape index (κ1) is 11.6. The summed E-state index contributed by atoms with van der Waals surface area (Å²) in [5.41, 5.74) is 0.606. The van der Waals surface area contributed by atoms with Crippen molar-refractivity contribution < 1.29 is 36.8 Å². The molecular formula is C9H10CdO2. The molecule has 0 aromatic heterocycles. The molecule has 0 radical (unpaired) electrons. The Morgan fingerprint density at radius 1 is 1.33 bits per heavy atom. The maximum absolute atomic E-state index is 11.0. The van der Waals surface area contributed by atoms with Gasteiger partial charge in [-0.1, -0.05) is 18.2 Å². The molecule has 0 spiro atoms. The van der Waals surface area contributed by atoms with Crippen LogP contribution < -0.4 is 0 Å². The molecule has 0 saturated carbocycles. The third-order valence-corrected chi connectivity index (χ3v) is 1.28. The van der Waals surface area contributed by atoms with Gasteiger partial charge in [0.25, 0.3) is 0 Å². The normalized spacial score (nSPS) is 8.42. The molecule has 1 aromatic rings. The summed E-state index contributed by atoms with van der Waals surface area (Å²) in [4.78, 5) is 11.0. The van der Waals surface area contributed by atoms with Crippen LogP contribution in [-0.4, -0.2) is 12.6 Å². The van der Waals surface area contributed by atoms with Gasteiger partial charge in [-0.3, -0.25) is 0 Å². The van der Waals surface area contributed by atoms with E-state index in [9.17, 15) is 4.79 Å². The molecule has 0 amide bonds. The number of hydrogen-bond donors (Lipinski definition) is 0. The third-order valence-electron chi connectivity index (χ3n) is 1.28. The summed E-state index contributed by atoms with van der Waals surface area (Å²) in [7, 11) is 0. The van der Waals surface area contributed by atoms with Crippen LogP contribution in [0.1, 0.15) is 17.3 Å². The summed E-state index contributed by atoms with van der Waals surface area (Å²) in [5.74, 6) is -0.256. The Hall–Kier alpha value is -0.388. The molecule has 0 saturated heterocycles. The average molecular weight is 263 g/mol. The van der Waals surface area contributed by atoms with E-state index in [1.165, 1.54) is 0 Å². The maximum Gasteiger partial charge on any atom is 0.338 e. The van der Waals surface area contributed by atoms with Crippen LogP contribution >= 0.6 is 0 Å². The summed E-state index contributed by atoms with van der Waals surface area (Å²) in [6.07, 6.45) is 0. The number of benzene rings is 1. The Balaban J connectivity index is 0.00000121. The van der Waals surface area contributed by atoms with Gasteiger partial charge in [-0.2, -0.15) is 0 Å². The van der Waals surface area contributed by atoms with E-state index in [1.54, 1.807) is 19.1 Å². The second-order valence-electron chi connectivity index (χ2n) is 2.09. The second kappa shape index (κ2) is 6.16. The van der Waals surface area contributed by atoms with Crippen LogP contribution in [0.4, 0.5) is 0 Å². The zero-order chi connectivity index (χ0) is 8.10. The van der Waals surface area contributed by atoms with E-state index in [0.717, 1.165) is 0 Å². The Kier molecular flexibility index (Phi) is 5.96. The van der Waals surface area contributed by atoms with E-state index in [4.69, 9.17) is 4.74 Å². The molecule has 0 fully saturated rings. The molecule has 0 aliphatic rings. The van der Waals surface area contributed by atoms with Crippen molar-refractivity contribution in [2.75, 3.05) is 6.61 Å². The number of hydrogen-bond acceptors (Lipinski definition) is 2. The molecule has 12 heavy (non-hydrogen) atoms. The summed E-state index contributed by atoms with van der Waals surface area (Å²) >= 11 is 0. The fraction of sp³-hybridized carbons (Fsp3) is 0.222. The predicted octanol–water partition coefficient (Wildman–Crippen LogP) is 1.86. The van der Waals surface area contributed by atoms with Gasteiger partial charge in [0.2, 0.25) is 0 Å². The molecule has 0 aliphatic carbocycles. The number of rotatable bonds is 2. The minimum atomic E-state index is -0.256. The fourth-order valence-corrected chi connectivity index (χ4v) is 0.789. The molecule has 0 N–H and O–H groups in total. The standard InChI is InChI=1S/C9H10O2.Cd/c1-2-11-9(10)8-6-4-3-5-7-8;/h3-7H,2H2,1H3;. The van der Waals surface area contributed by atoms with E-state index < -0.39 is 0 Å². The fourth-order valence-electron chi connectivity index (χ4n) is 0.789. The smallest absolute Gasteiger partial charge is 0.338 e. The zero-order valence-corrected chi connectivity index (χ0v) is 11.2. The van der Waals surface area contributed by atoms with Crippen LogP contribution in [0.5, 0.6) is 0 Å². The van der Waals surface area contributed by atoms with Crippen molar-refractivity contribution in [2.45, 2.75) is 6.92 Å². The number of carbonyl (C=O) groups excluding carboxylic acids is 1. The van der Waals surface area contributed by atoms with Gasteiger partial charge < -0.3 is 4.74 Å². The van der Waals surface area contributed by atoms with Gasteiger partial charge in [0.15, 0.2) is 0 Å². The average Bonchev–Trinajstić information content (AvgIpc) is 2.07. The van der Waals surface area contributed by atoms with Crippen LogP contribution in [0.25, 0.3) is 0 Å². The molecule has 1 rings (SSSR count). The second-order valence-corrected chi connectivity index (χ2v) is 2.09. The largest absolute Gasteiger partial charge is 0.462 e. The molecule has 60 valence electrons. The SMILES string of the molecule is CCOC(=O)c1ccccc1.[Cd]. The first-order valence-electron chi connectivity index (χ1n) is 3.56. The van der Waals surface area contributed by atoms with Gasteiger partial charge in [0.05, 0.1) is 12.2 Å². The van der Waals surface area contributed by atoms with Crippen LogP contribution in [0.2, 0.25) is 0 Å². The van der Waals surface area contributed by atoms with E-state index >= 15 is 0 Å². The van der Waals surface area contributed by atoms with Crippen molar-refractivity contribution in [3.8, 4) is 0 Å². The van der Waals surface area contributed by atoms with Crippen molar-refractivity contribution in [3.05, 3.63) is 35.9 Å². The Bertz CT molecular complexity index is 234. The van der Waals surface area contributed by atoms with E-state index in [0.29, 0.717) is 12.2 Å². The molecule has 0 bridgehead atoms. The minimum absolute atomic E-state index is 0. The van der Waals surface area contributed by atoms with E-state index in [2.05, 4.69) is 0 Å². The topological polar surface area (TPSA) is 26.3 Å². The number of esters is 1. The van der Waals surface area contributed by atoms with Crippen molar-refractivity contribution in [1.82, 2.24) is 0 Å². The van der Waals surface area contributed by atoms with Crippen molar-refractivity contribution in [1.29, 1.82) is 0 Å². The van der Waals surface area contributed by atoms with Crippen molar-refractivity contribution in [2.24, 2.45) is 0 Å². The summed E-state index contributed by atoms with van der Waals surface area (Å²) in [5, 5.41) is 0. The van der Waals surface area contributed by atoms with Gasteiger partial charge >= 0.3 is 5.97 Å². The van der Waals surface area contributed by atoms with E-state index in [-0.39, 0.29) is 33.3 Å². The molecule has 3 heteroatoms. The number of carbonyl (C=O) groups is 1. The van der Waals surface area contributed by atoms with Gasteiger partial charge in [-0.15, -0.1) is 0 Å². The molecule has 0 heterocycles. The monoisotopic (exact) mass is 264 g/mol. The summed E-state index contributed by atoms with van der Waals surface area (Å²) in [6, 6.07) is 8.96. The summed E-state index contributed by atoms with van der Waals surface area (Å²) < 4.78 is 4.79. The van der Waals surface area contributed by atoms with Gasteiger partial charge in [-0.05, 0) is 19.1 Å². The molecular weight excluding hydrogens is 253 g/mol. The summed E-state index contributed by atoms with van der Waals surface area (Å²) in [6.45, 7) is 2.22. The van der Waals surface area contributed by atoms with Crippen LogP contribution in [-0.2, 0) is 32.0 Å². The van der Waals surface area contributed by atoms with Gasteiger partial charge in [-0.25, -0.2) is 4.79 Å². The van der Waals surface area contributed by atoms with E-state index in [1.807, 2.05) is 18.2 Å². The quantitative estimate of drug-likeness (QED) is 0.601. The minimum Gasteiger partial charge on any atom is -0.462 e. The zero-order valence-electron chi connectivity index (χ0n) is 7.12. The predicted molar refractivity (Wildman–Crippen MR) is 42.4 cm³/mol. The van der Waals surface area contributed by atoms with Gasteiger partial charge in [0.1, 0.15) is 0 Å². The Labute approximate surface area is 92.1 Å². The van der Waals surface area contributed by atoms with Crippen LogP contribution in [0.3, 0.4) is 0 Å². The molecule has 1 aromatic carbocycles. The number of ether oxygens (including phenoxy) is 1. The first-order chi connectivity index (χ1) is 5.34. The molecule has 0 unspecified atom stereocenters. The third kappa shape index (κ3) is 3.34. The first-order valence-corrected chi connectivity index (χ1v) is 3.56. The van der Waals surface area contributed by atoms with Crippen LogP contribution in [0.15, 0.2) is 30.3 Å². The maximum atomic E-state index is 11.0. The molecule has 0 aliphatic heterocycles. The Morgan fingerprint density at radius 3 is 2.42 bits per heavy atom. The molecule has 2 nitrogen and oxygen atoms in total. The molecule has 0 atom stereocenters. The van der Waals surface area contributed by atoms with Gasteiger partial charge in [0, 0.05) is 27.3 Å². The van der Waals surface area contributed by atoms with Crippen LogP contribution in [0, 0.1) is 0 Å². The Morgan fingerprint density at radius 2 is 1.92 bits per heavy atom.